The van der Waals surface area contributed by atoms with Crippen molar-refractivity contribution >= 4 is 11.6 Å². The molecule has 4 heteroatoms. The Hall–Kier alpha value is -1.42. The van der Waals surface area contributed by atoms with Crippen molar-refractivity contribution < 1.29 is 9.90 Å². The van der Waals surface area contributed by atoms with Crippen molar-refractivity contribution in [1.82, 2.24) is 4.98 Å². The Morgan fingerprint density at radius 2 is 2.22 bits per heavy atom. The first kappa shape index (κ1) is 13.0. The van der Waals surface area contributed by atoms with E-state index in [0.717, 1.165) is 31.4 Å². The molecule has 1 saturated carbocycles. The molecule has 2 rings (SSSR count). The van der Waals surface area contributed by atoms with Crippen LogP contribution in [0.1, 0.15) is 48.7 Å². The average Bonchev–Trinajstić information content (AvgIpc) is 2.28. The van der Waals surface area contributed by atoms with Gasteiger partial charge in [-0.25, -0.2) is 4.98 Å². The SMILES string of the molecule is CC(=O)c1ccc(C)nc1NC1CCCC(O)C1. The van der Waals surface area contributed by atoms with E-state index in [2.05, 4.69) is 10.3 Å². The van der Waals surface area contributed by atoms with Gasteiger partial charge in [-0.2, -0.15) is 0 Å². The normalized spacial score (nSPS) is 23.7. The minimum Gasteiger partial charge on any atom is -0.393 e. The lowest BCUT2D eigenvalue weighted by Gasteiger charge is -2.27. The van der Waals surface area contributed by atoms with E-state index >= 15 is 0 Å². The van der Waals surface area contributed by atoms with Crippen LogP contribution in [0.15, 0.2) is 12.1 Å². The van der Waals surface area contributed by atoms with Crippen molar-refractivity contribution in [2.24, 2.45) is 0 Å². The summed E-state index contributed by atoms with van der Waals surface area (Å²) in [4.78, 5) is 16.0. The number of aromatic nitrogens is 1. The van der Waals surface area contributed by atoms with Gasteiger partial charge in [-0.1, -0.05) is 0 Å². The van der Waals surface area contributed by atoms with Gasteiger partial charge in [0.2, 0.25) is 0 Å². The Labute approximate surface area is 107 Å². The van der Waals surface area contributed by atoms with Crippen molar-refractivity contribution in [3.63, 3.8) is 0 Å². The second-order valence-electron chi connectivity index (χ2n) is 5.07. The molecule has 2 N–H and O–H groups in total. The molecule has 0 aliphatic heterocycles. The molecule has 1 fully saturated rings. The van der Waals surface area contributed by atoms with E-state index in [9.17, 15) is 9.90 Å². The number of carbonyl (C=O) groups is 1. The molecule has 2 atom stereocenters. The van der Waals surface area contributed by atoms with E-state index in [0.29, 0.717) is 11.4 Å². The summed E-state index contributed by atoms with van der Waals surface area (Å²) >= 11 is 0. The van der Waals surface area contributed by atoms with Gasteiger partial charge in [-0.3, -0.25) is 4.79 Å². The van der Waals surface area contributed by atoms with E-state index in [4.69, 9.17) is 0 Å². The fourth-order valence-electron chi connectivity index (χ4n) is 2.44. The summed E-state index contributed by atoms with van der Waals surface area (Å²) in [5.74, 6) is 0.669. The van der Waals surface area contributed by atoms with Crippen LogP contribution in [-0.2, 0) is 0 Å². The number of carbonyl (C=O) groups excluding carboxylic acids is 1. The lowest BCUT2D eigenvalue weighted by molar-refractivity contribution is 0.101. The first-order valence-electron chi connectivity index (χ1n) is 6.49. The van der Waals surface area contributed by atoms with Gasteiger partial charge >= 0.3 is 0 Å². The van der Waals surface area contributed by atoms with Crippen LogP contribution < -0.4 is 5.32 Å². The van der Waals surface area contributed by atoms with Gasteiger partial charge in [0.05, 0.1) is 11.7 Å². The number of pyridine rings is 1. The molecule has 2 unspecified atom stereocenters. The molecule has 1 heterocycles. The van der Waals surface area contributed by atoms with Gasteiger partial charge in [-0.05, 0) is 51.7 Å². The summed E-state index contributed by atoms with van der Waals surface area (Å²) in [6.45, 7) is 3.46. The zero-order valence-electron chi connectivity index (χ0n) is 10.9. The molecule has 98 valence electrons. The molecule has 1 aliphatic rings. The average molecular weight is 248 g/mol. The third-order valence-electron chi connectivity index (χ3n) is 3.40. The molecule has 1 aromatic rings. The highest BCUT2D eigenvalue weighted by Crippen LogP contribution is 2.23. The number of rotatable bonds is 3. The van der Waals surface area contributed by atoms with E-state index in [1.54, 1.807) is 6.92 Å². The fourth-order valence-corrected chi connectivity index (χ4v) is 2.44. The van der Waals surface area contributed by atoms with Gasteiger partial charge in [0.1, 0.15) is 5.82 Å². The standard InChI is InChI=1S/C14H20N2O2/c1-9-6-7-13(10(2)17)14(15-9)16-11-4-3-5-12(18)8-11/h6-7,11-12,18H,3-5,8H2,1-2H3,(H,15,16). The van der Waals surface area contributed by atoms with E-state index < -0.39 is 0 Å². The molecule has 0 amide bonds. The molecular formula is C14H20N2O2. The summed E-state index contributed by atoms with van der Waals surface area (Å²) < 4.78 is 0. The molecule has 0 saturated heterocycles. The summed E-state index contributed by atoms with van der Waals surface area (Å²) in [5, 5.41) is 13.0. The van der Waals surface area contributed by atoms with E-state index in [-0.39, 0.29) is 17.9 Å². The van der Waals surface area contributed by atoms with Crippen LogP contribution in [-0.4, -0.2) is 28.0 Å². The van der Waals surface area contributed by atoms with Crippen LogP contribution in [0.3, 0.4) is 0 Å². The number of nitrogens with zero attached hydrogens (tertiary/aromatic N) is 1. The van der Waals surface area contributed by atoms with Crippen molar-refractivity contribution in [3.05, 3.63) is 23.4 Å². The largest absolute Gasteiger partial charge is 0.393 e. The molecule has 4 nitrogen and oxygen atoms in total. The number of hydrogen-bond acceptors (Lipinski definition) is 4. The number of hydrogen-bond donors (Lipinski definition) is 2. The highest BCUT2D eigenvalue weighted by atomic mass is 16.3. The second kappa shape index (κ2) is 5.48. The van der Waals surface area contributed by atoms with Gasteiger partial charge in [0.25, 0.3) is 0 Å². The van der Waals surface area contributed by atoms with Crippen molar-refractivity contribution in [2.75, 3.05) is 5.32 Å². The molecule has 1 aliphatic carbocycles. The minimum atomic E-state index is -0.234. The first-order chi connectivity index (χ1) is 8.56. The lowest BCUT2D eigenvalue weighted by atomic mass is 9.93. The molecular weight excluding hydrogens is 228 g/mol. The van der Waals surface area contributed by atoms with Crippen LogP contribution in [0, 0.1) is 6.92 Å². The van der Waals surface area contributed by atoms with E-state index in [1.165, 1.54) is 0 Å². The third-order valence-corrected chi connectivity index (χ3v) is 3.40. The zero-order chi connectivity index (χ0) is 13.1. The van der Waals surface area contributed by atoms with Crippen molar-refractivity contribution in [1.29, 1.82) is 0 Å². The minimum absolute atomic E-state index is 0.0151. The van der Waals surface area contributed by atoms with Crippen LogP contribution in [0.4, 0.5) is 5.82 Å². The Balaban J connectivity index is 2.16. The number of aryl methyl sites for hydroxylation is 1. The number of nitrogens with one attached hydrogen (secondary N) is 1. The lowest BCUT2D eigenvalue weighted by Crippen LogP contribution is -2.30. The molecule has 0 radical (unpaired) electrons. The summed E-state index contributed by atoms with van der Waals surface area (Å²) in [6.07, 6.45) is 3.40. The summed E-state index contributed by atoms with van der Waals surface area (Å²) in [7, 11) is 0. The third kappa shape index (κ3) is 3.07. The van der Waals surface area contributed by atoms with Gasteiger partial charge in [0, 0.05) is 11.7 Å². The van der Waals surface area contributed by atoms with Crippen molar-refractivity contribution in [3.8, 4) is 0 Å². The van der Waals surface area contributed by atoms with Crippen LogP contribution in [0.2, 0.25) is 0 Å². The molecule has 0 aromatic carbocycles. The Bertz CT molecular complexity index is 445. The van der Waals surface area contributed by atoms with Gasteiger partial charge in [0.15, 0.2) is 5.78 Å². The highest BCUT2D eigenvalue weighted by Gasteiger charge is 2.21. The predicted octanol–water partition coefficient (Wildman–Crippen LogP) is 2.31. The van der Waals surface area contributed by atoms with E-state index in [1.807, 2.05) is 19.1 Å². The van der Waals surface area contributed by atoms with Crippen LogP contribution in [0.5, 0.6) is 0 Å². The Kier molecular flexibility index (Phi) is 3.97. The molecule has 18 heavy (non-hydrogen) atoms. The fraction of sp³-hybridized carbons (Fsp3) is 0.571. The second-order valence-corrected chi connectivity index (χ2v) is 5.07. The van der Waals surface area contributed by atoms with Crippen molar-refractivity contribution in [2.45, 2.75) is 51.7 Å². The van der Waals surface area contributed by atoms with Crippen LogP contribution in [0.25, 0.3) is 0 Å². The number of ketones is 1. The van der Waals surface area contributed by atoms with Crippen LogP contribution >= 0.6 is 0 Å². The summed E-state index contributed by atoms with van der Waals surface area (Å²) in [5.41, 5.74) is 1.51. The first-order valence-corrected chi connectivity index (χ1v) is 6.49. The maximum atomic E-state index is 11.6. The van der Waals surface area contributed by atoms with Gasteiger partial charge in [-0.15, -0.1) is 0 Å². The zero-order valence-corrected chi connectivity index (χ0v) is 10.9. The molecule has 0 spiro atoms. The molecule has 0 bridgehead atoms. The number of anilines is 1. The Morgan fingerprint density at radius 3 is 2.89 bits per heavy atom. The number of Topliss-reactive ketones (excluding diaryl/α,β-unsaturated/α-hetero) is 1. The Morgan fingerprint density at radius 1 is 1.44 bits per heavy atom. The number of aliphatic hydroxyl groups excluding tert-OH is 1. The number of aliphatic hydroxyl groups is 1. The summed E-state index contributed by atoms with van der Waals surface area (Å²) in [6, 6.07) is 3.87. The van der Waals surface area contributed by atoms with Gasteiger partial charge < -0.3 is 10.4 Å². The monoisotopic (exact) mass is 248 g/mol. The highest BCUT2D eigenvalue weighted by molar-refractivity contribution is 5.98. The smallest absolute Gasteiger partial charge is 0.163 e. The molecule has 1 aromatic heterocycles. The topological polar surface area (TPSA) is 62.2 Å². The predicted molar refractivity (Wildman–Crippen MR) is 70.9 cm³/mol. The quantitative estimate of drug-likeness (QED) is 0.806. The maximum absolute atomic E-state index is 11.6. The maximum Gasteiger partial charge on any atom is 0.163 e.